The van der Waals surface area contributed by atoms with Gasteiger partial charge >= 0.3 is 12.4 Å². The molecule has 2 nitrogen and oxygen atoms in total. The lowest BCUT2D eigenvalue weighted by atomic mass is 10.0. The Kier molecular flexibility index (Phi) is 3.95. The van der Waals surface area contributed by atoms with Gasteiger partial charge in [-0.25, -0.2) is 0 Å². The van der Waals surface area contributed by atoms with Gasteiger partial charge in [0.2, 0.25) is 0 Å². The fraction of sp³-hybridized carbons (Fsp3) is 0.143. The molecule has 118 valence electrons. The maximum Gasteiger partial charge on any atom is 0.420 e. The first-order valence-corrected chi connectivity index (χ1v) is 5.90. The molecule has 2 N–H and O–H groups in total. The summed E-state index contributed by atoms with van der Waals surface area (Å²) in [4.78, 5) is 0. The van der Waals surface area contributed by atoms with Crippen molar-refractivity contribution in [2.45, 2.75) is 12.4 Å². The number of hydrogen-bond acceptors (Lipinski definition) is 2. The maximum atomic E-state index is 13.1. The fourth-order valence-electron chi connectivity index (χ4n) is 1.85. The highest BCUT2D eigenvalue weighted by Crippen LogP contribution is 2.47. The Morgan fingerprint density at radius 1 is 0.818 bits per heavy atom. The minimum atomic E-state index is -5.25. The van der Waals surface area contributed by atoms with E-state index in [-0.39, 0.29) is 11.8 Å². The second-order valence-electron chi connectivity index (χ2n) is 4.35. The van der Waals surface area contributed by atoms with Crippen LogP contribution in [-0.2, 0) is 12.4 Å². The number of anilines is 1. The molecule has 0 saturated heterocycles. The summed E-state index contributed by atoms with van der Waals surface area (Å²) in [6.45, 7) is 0. The van der Waals surface area contributed by atoms with Crippen LogP contribution in [0.5, 0.6) is 11.5 Å². The van der Waals surface area contributed by atoms with Gasteiger partial charge in [0.1, 0.15) is 17.1 Å². The first kappa shape index (κ1) is 16.0. The van der Waals surface area contributed by atoms with Gasteiger partial charge in [-0.2, -0.15) is 26.3 Å². The van der Waals surface area contributed by atoms with E-state index < -0.39 is 34.9 Å². The number of hydrogen-bond donors (Lipinski definition) is 1. The normalized spacial score (nSPS) is 12.3. The molecule has 2 rings (SSSR count). The molecular formula is C14H9F6NO. The Labute approximate surface area is 121 Å². The zero-order chi connectivity index (χ0) is 16.5. The number of nitrogens with two attached hydrogens (primary N) is 1. The van der Waals surface area contributed by atoms with Crippen molar-refractivity contribution in [1.29, 1.82) is 0 Å². The highest BCUT2D eigenvalue weighted by Gasteiger charge is 2.46. The lowest BCUT2D eigenvalue weighted by Gasteiger charge is -2.20. The molecule has 8 heteroatoms. The monoisotopic (exact) mass is 321 g/mol. The van der Waals surface area contributed by atoms with Crippen LogP contribution in [0.3, 0.4) is 0 Å². The molecule has 0 aromatic heterocycles. The Morgan fingerprint density at radius 2 is 1.41 bits per heavy atom. The molecule has 0 aliphatic heterocycles. The van der Waals surface area contributed by atoms with Crippen LogP contribution in [0.15, 0.2) is 42.5 Å². The van der Waals surface area contributed by atoms with Gasteiger partial charge in [0.05, 0.1) is 5.56 Å². The van der Waals surface area contributed by atoms with Crippen molar-refractivity contribution in [2.75, 3.05) is 5.73 Å². The first-order chi connectivity index (χ1) is 10.1. The van der Waals surface area contributed by atoms with Crippen LogP contribution in [0.25, 0.3) is 0 Å². The van der Waals surface area contributed by atoms with Crippen molar-refractivity contribution in [3.05, 3.63) is 53.6 Å². The van der Waals surface area contributed by atoms with Crippen molar-refractivity contribution in [1.82, 2.24) is 0 Å². The van der Waals surface area contributed by atoms with Gasteiger partial charge in [0.15, 0.2) is 0 Å². The van der Waals surface area contributed by atoms with Crippen molar-refractivity contribution >= 4 is 5.69 Å². The molecular weight excluding hydrogens is 312 g/mol. The average molecular weight is 321 g/mol. The molecule has 0 bridgehead atoms. The van der Waals surface area contributed by atoms with Crippen molar-refractivity contribution in [3.8, 4) is 11.5 Å². The van der Waals surface area contributed by atoms with E-state index in [1.165, 1.54) is 24.3 Å². The molecule has 0 fully saturated rings. The van der Waals surface area contributed by atoms with Gasteiger partial charge in [-0.3, -0.25) is 0 Å². The zero-order valence-corrected chi connectivity index (χ0v) is 10.8. The Bertz CT molecular complexity index is 664. The van der Waals surface area contributed by atoms with Crippen LogP contribution in [0.1, 0.15) is 11.1 Å². The van der Waals surface area contributed by atoms with Gasteiger partial charge in [0.25, 0.3) is 0 Å². The van der Waals surface area contributed by atoms with Crippen molar-refractivity contribution < 1.29 is 31.1 Å². The van der Waals surface area contributed by atoms with E-state index in [1.807, 2.05) is 0 Å². The van der Waals surface area contributed by atoms with Crippen molar-refractivity contribution in [2.24, 2.45) is 0 Å². The highest BCUT2D eigenvalue weighted by molar-refractivity contribution is 5.56. The van der Waals surface area contributed by atoms with Gasteiger partial charge < -0.3 is 10.5 Å². The average Bonchev–Trinajstić information content (AvgIpc) is 2.36. The van der Waals surface area contributed by atoms with Gasteiger partial charge in [-0.15, -0.1) is 0 Å². The number of nitrogen functional groups attached to an aromatic ring is 1. The fourth-order valence-corrected chi connectivity index (χ4v) is 1.85. The Morgan fingerprint density at radius 3 is 1.91 bits per heavy atom. The van der Waals surface area contributed by atoms with E-state index in [4.69, 9.17) is 10.5 Å². The number of alkyl halides is 6. The van der Waals surface area contributed by atoms with E-state index in [0.717, 1.165) is 0 Å². The van der Waals surface area contributed by atoms with Crippen LogP contribution in [0.4, 0.5) is 32.0 Å². The molecule has 0 saturated carbocycles. The second kappa shape index (κ2) is 5.43. The van der Waals surface area contributed by atoms with Gasteiger partial charge in [-0.1, -0.05) is 18.2 Å². The standard InChI is InChI=1S/C14H9F6NO/c15-13(16,17)10-6-8(21)7-11(12(10)14(18,19)20)22-9-4-2-1-3-5-9/h1-7H,21H2. The molecule has 0 amide bonds. The van der Waals surface area contributed by atoms with Crippen LogP contribution < -0.4 is 10.5 Å². The molecule has 0 aliphatic rings. The maximum absolute atomic E-state index is 13.1. The number of rotatable bonds is 2. The van der Waals surface area contributed by atoms with E-state index >= 15 is 0 Å². The Balaban J connectivity index is 2.64. The summed E-state index contributed by atoms with van der Waals surface area (Å²) in [7, 11) is 0. The summed E-state index contributed by atoms with van der Waals surface area (Å²) in [5.74, 6) is -1.03. The summed E-state index contributed by atoms with van der Waals surface area (Å²) in [6.07, 6.45) is -10.5. The summed E-state index contributed by atoms with van der Waals surface area (Å²) in [5.41, 5.74) is 1.01. The molecule has 0 radical (unpaired) electrons. The van der Waals surface area contributed by atoms with E-state index in [1.54, 1.807) is 6.07 Å². The molecule has 22 heavy (non-hydrogen) atoms. The van der Waals surface area contributed by atoms with E-state index in [0.29, 0.717) is 6.07 Å². The Hall–Kier alpha value is -2.38. The molecule has 0 spiro atoms. The zero-order valence-electron chi connectivity index (χ0n) is 10.8. The predicted molar refractivity (Wildman–Crippen MR) is 67.4 cm³/mol. The summed E-state index contributed by atoms with van der Waals surface area (Å²) >= 11 is 0. The third kappa shape index (κ3) is 3.44. The number of ether oxygens (including phenoxy) is 1. The molecule has 0 aliphatic carbocycles. The number of benzene rings is 2. The SMILES string of the molecule is Nc1cc(Oc2ccccc2)c(C(F)(F)F)c(C(F)(F)F)c1. The van der Waals surface area contributed by atoms with E-state index in [2.05, 4.69) is 0 Å². The summed E-state index contributed by atoms with van der Waals surface area (Å²) in [6, 6.07) is 8.11. The predicted octanol–water partition coefficient (Wildman–Crippen LogP) is 5.10. The topological polar surface area (TPSA) is 35.2 Å². The van der Waals surface area contributed by atoms with Crippen LogP contribution in [-0.4, -0.2) is 0 Å². The second-order valence-corrected chi connectivity index (χ2v) is 4.35. The van der Waals surface area contributed by atoms with Crippen LogP contribution in [0.2, 0.25) is 0 Å². The summed E-state index contributed by atoms with van der Waals surface area (Å²) < 4.78 is 82.7. The lowest BCUT2D eigenvalue weighted by Crippen LogP contribution is -2.18. The molecule has 0 heterocycles. The third-order valence-corrected chi connectivity index (χ3v) is 2.68. The van der Waals surface area contributed by atoms with Gasteiger partial charge in [0, 0.05) is 11.8 Å². The minimum Gasteiger partial charge on any atom is -0.457 e. The van der Waals surface area contributed by atoms with Crippen LogP contribution in [0, 0.1) is 0 Å². The minimum absolute atomic E-state index is 0.0354. The molecule has 0 atom stereocenters. The molecule has 0 unspecified atom stereocenters. The smallest absolute Gasteiger partial charge is 0.420 e. The third-order valence-electron chi connectivity index (χ3n) is 2.68. The first-order valence-electron chi connectivity index (χ1n) is 5.90. The highest BCUT2D eigenvalue weighted by atomic mass is 19.4. The largest absolute Gasteiger partial charge is 0.457 e. The van der Waals surface area contributed by atoms with Crippen molar-refractivity contribution in [3.63, 3.8) is 0 Å². The summed E-state index contributed by atoms with van der Waals surface area (Å²) in [5, 5.41) is 0. The molecule has 2 aromatic rings. The lowest BCUT2D eigenvalue weighted by molar-refractivity contribution is -0.162. The van der Waals surface area contributed by atoms with Gasteiger partial charge in [-0.05, 0) is 18.2 Å². The number of halogens is 6. The quantitative estimate of drug-likeness (QED) is 0.617. The van der Waals surface area contributed by atoms with E-state index in [9.17, 15) is 26.3 Å². The molecule has 2 aromatic carbocycles. The number of para-hydroxylation sites is 1. The van der Waals surface area contributed by atoms with Crippen LogP contribution >= 0.6 is 0 Å².